The van der Waals surface area contributed by atoms with Crippen molar-refractivity contribution in [2.45, 2.75) is 47.5 Å². The van der Waals surface area contributed by atoms with Crippen molar-refractivity contribution in [1.82, 2.24) is 4.90 Å². The number of hydrogen-bond acceptors (Lipinski definition) is 1. The maximum absolute atomic E-state index is 2.63. The van der Waals surface area contributed by atoms with E-state index in [1.165, 1.54) is 32.5 Å². The van der Waals surface area contributed by atoms with Crippen molar-refractivity contribution in [3.63, 3.8) is 0 Å². The van der Waals surface area contributed by atoms with Crippen LogP contribution in [-0.2, 0) is 0 Å². The summed E-state index contributed by atoms with van der Waals surface area (Å²) in [7, 11) is 0. The largest absolute Gasteiger partial charge is 0.302 e. The van der Waals surface area contributed by atoms with Gasteiger partial charge in [-0.05, 0) is 30.2 Å². The lowest BCUT2D eigenvalue weighted by Gasteiger charge is -2.40. The highest BCUT2D eigenvalue weighted by atomic mass is 15.1. The Balaban J connectivity index is 2.44. The lowest BCUT2D eigenvalue weighted by Crippen LogP contribution is -2.43. The summed E-state index contributed by atoms with van der Waals surface area (Å²) < 4.78 is 0. The first-order chi connectivity index (χ1) is 5.79. The van der Waals surface area contributed by atoms with E-state index in [2.05, 4.69) is 39.5 Å². The second-order valence-corrected chi connectivity index (χ2v) is 6.54. The second kappa shape index (κ2) is 3.61. The molecule has 0 atom stereocenters. The van der Waals surface area contributed by atoms with Crippen LogP contribution in [0.4, 0.5) is 0 Å². The third-order valence-corrected chi connectivity index (χ3v) is 2.68. The number of nitrogens with zero attached hydrogens (tertiary/aromatic N) is 1. The zero-order valence-electron chi connectivity index (χ0n) is 9.98. The fraction of sp³-hybridized carbons (Fsp3) is 1.00. The van der Waals surface area contributed by atoms with Crippen LogP contribution in [0.5, 0.6) is 0 Å². The van der Waals surface area contributed by atoms with Crippen molar-refractivity contribution in [3.05, 3.63) is 0 Å². The summed E-state index contributed by atoms with van der Waals surface area (Å²) in [6, 6.07) is 0. The molecule has 0 N–H and O–H groups in total. The van der Waals surface area contributed by atoms with Crippen molar-refractivity contribution < 1.29 is 0 Å². The molecular formula is C12H25N. The Bertz CT molecular complexity index is 162. The van der Waals surface area contributed by atoms with Gasteiger partial charge < -0.3 is 4.90 Å². The molecule has 1 aliphatic rings. The molecule has 0 aromatic heterocycles. The van der Waals surface area contributed by atoms with E-state index in [4.69, 9.17) is 0 Å². The molecule has 0 spiro atoms. The van der Waals surface area contributed by atoms with Crippen molar-refractivity contribution in [2.75, 3.05) is 19.6 Å². The highest BCUT2D eigenvalue weighted by Crippen LogP contribution is 2.30. The first-order valence-corrected chi connectivity index (χ1v) is 5.51. The topological polar surface area (TPSA) is 3.24 Å². The lowest BCUT2D eigenvalue weighted by molar-refractivity contribution is 0.0864. The summed E-state index contributed by atoms with van der Waals surface area (Å²) in [5.41, 5.74) is 0.997. The minimum absolute atomic E-state index is 0.452. The van der Waals surface area contributed by atoms with E-state index in [1.807, 2.05) is 0 Å². The average Bonchev–Trinajstić information content (AvgIpc) is 1.79. The van der Waals surface area contributed by atoms with E-state index in [9.17, 15) is 0 Å². The van der Waals surface area contributed by atoms with Crippen LogP contribution in [-0.4, -0.2) is 24.5 Å². The molecule has 0 amide bonds. The predicted octanol–water partition coefficient (Wildman–Crippen LogP) is 3.15. The highest BCUT2D eigenvalue weighted by Gasteiger charge is 2.28. The molecule has 1 saturated heterocycles. The van der Waals surface area contributed by atoms with Gasteiger partial charge in [-0.2, -0.15) is 0 Å². The number of piperidine rings is 1. The molecule has 1 heteroatoms. The minimum Gasteiger partial charge on any atom is -0.302 e. The van der Waals surface area contributed by atoms with Gasteiger partial charge in [0.15, 0.2) is 0 Å². The molecule has 78 valence electrons. The highest BCUT2D eigenvalue weighted by molar-refractivity contribution is 4.81. The van der Waals surface area contributed by atoms with Gasteiger partial charge in [-0.15, -0.1) is 0 Å². The summed E-state index contributed by atoms with van der Waals surface area (Å²) in [4.78, 5) is 2.63. The summed E-state index contributed by atoms with van der Waals surface area (Å²) in [5, 5.41) is 0. The zero-order chi connectivity index (χ0) is 10.1. The Labute approximate surface area is 83.5 Å². The Morgan fingerprint density at radius 1 is 1.23 bits per heavy atom. The third-order valence-electron chi connectivity index (χ3n) is 2.68. The number of hydrogen-bond donors (Lipinski definition) is 0. The molecule has 0 radical (unpaired) electrons. The Kier molecular flexibility index (Phi) is 3.06. The van der Waals surface area contributed by atoms with E-state index < -0.39 is 0 Å². The van der Waals surface area contributed by atoms with Crippen molar-refractivity contribution in [3.8, 4) is 0 Å². The molecule has 1 rings (SSSR count). The SMILES string of the molecule is CC(C)(C)CN1CCCC(C)(C)C1. The van der Waals surface area contributed by atoms with Crippen molar-refractivity contribution >= 4 is 0 Å². The summed E-state index contributed by atoms with van der Waals surface area (Å²) in [6.45, 7) is 15.6. The minimum atomic E-state index is 0.452. The first-order valence-electron chi connectivity index (χ1n) is 5.51. The fourth-order valence-corrected chi connectivity index (χ4v) is 2.35. The summed E-state index contributed by atoms with van der Waals surface area (Å²) in [6.07, 6.45) is 2.77. The molecule has 1 aliphatic heterocycles. The van der Waals surface area contributed by atoms with Crippen LogP contribution in [0.2, 0.25) is 0 Å². The molecule has 1 fully saturated rings. The monoisotopic (exact) mass is 183 g/mol. The van der Waals surface area contributed by atoms with Crippen LogP contribution >= 0.6 is 0 Å². The van der Waals surface area contributed by atoms with E-state index >= 15 is 0 Å². The fourth-order valence-electron chi connectivity index (χ4n) is 2.35. The van der Waals surface area contributed by atoms with Crippen molar-refractivity contribution in [1.29, 1.82) is 0 Å². The van der Waals surface area contributed by atoms with Crippen LogP contribution in [0.15, 0.2) is 0 Å². The van der Waals surface area contributed by atoms with Crippen molar-refractivity contribution in [2.24, 2.45) is 10.8 Å². The van der Waals surface area contributed by atoms with Gasteiger partial charge in [0.2, 0.25) is 0 Å². The molecule has 0 saturated carbocycles. The van der Waals surface area contributed by atoms with Crippen LogP contribution in [0.1, 0.15) is 47.5 Å². The first kappa shape index (κ1) is 11.0. The van der Waals surface area contributed by atoms with E-state index in [0.29, 0.717) is 10.8 Å². The van der Waals surface area contributed by atoms with E-state index in [1.54, 1.807) is 0 Å². The van der Waals surface area contributed by atoms with Gasteiger partial charge in [-0.25, -0.2) is 0 Å². The standard InChI is InChI=1S/C12H25N/c1-11(2,3)9-13-8-6-7-12(4,5)10-13/h6-10H2,1-5H3. The van der Waals surface area contributed by atoms with Crippen LogP contribution < -0.4 is 0 Å². The van der Waals surface area contributed by atoms with E-state index in [0.717, 1.165) is 0 Å². The maximum atomic E-state index is 2.63. The van der Waals surface area contributed by atoms with E-state index in [-0.39, 0.29) is 0 Å². The molecule has 0 bridgehead atoms. The molecular weight excluding hydrogens is 158 g/mol. The average molecular weight is 183 g/mol. The Hall–Kier alpha value is -0.0400. The second-order valence-electron chi connectivity index (χ2n) is 6.54. The Morgan fingerprint density at radius 3 is 2.31 bits per heavy atom. The third kappa shape index (κ3) is 4.12. The normalized spacial score (nSPS) is 24.7. The smallest absolute Gasteiger partial charge is 0.00329 e. The summed E-state index contributed by atoms with van der Waals surface area (Å²) in [5.74, 6) is 0. The molecule has 0 unspecified atom stereocenters. The van der Waals surface area contributed by atoms with Gasteiger partial charge in [-0.3, -0.25) is 0 Å². The molecule has 0 aromatic carbocycles. The van der Waals surface area contributed by atoms with Gasteiger partial charge in [0.05, 0.1) is 0 Å². The van der Waals surface area contributed by atoms with Crippen LogP contribution in [0.3, 0.4) is 0 Å². The van der Waals surface area contributed by atoms with Crippen LogP contribution in [0.25, 0.3) is 0 Å². The van der Waals surface area contributed by atoms with Gasteiger partial charge in [0.1, 0.15) is 0 Å². The van der Waals surface area contributed by atoms with Crippen LogP contribution in [0, 0.1) is 10.8 Å². The zero-order valence-corrected chi connectivity index (χ0v) is 9.98. The molecule has 0 aliphatic carbocycles. The van der Waals surface area contributed by atoms with Gasteiger partial charge >= 0.3 is 0 Å². The molecule has 13 heavy (non-hydrogen) atoms. The van der Waals surface area contributed by atoms with Gasteiger partial charge in [0, 0.05) is 13.1 Å². The van der Waals surface area contributed by atoms with Gasteiger partial charge in [0.25, 0.3) is 0 Å². The molecule has 0 aromatic rings. The lowest BCUT2D eigenvalue weighted by atomic mass is 9.83. The number of likely N-dealkylation sites (tertiary alicyclic amines) is 1. The molecule has 1 heterocycles. The molecule has 1 nitrogen and oxygen atoms in total. The maximum Gasteiger partial charge on any atom is 0.00329 e. The number of rotatable bonds is 1. The summed E-state index contributed by atoms with van der Waals surface area (Å²) >= 11 is 0. The quantitative estimate of drug-likeness (QED) is 0.603. The van der Waals surface area contributed by atoms with Gasteiger partial charge in [-0.1, -0.05) is 34.6 Å². The predicted molar refractivity (Wildman–Crippen MR) is 58.9 cm³/mol. The Morgan fingerprint density at radius 2 is 1.85 bits per heavy atom.